The summed E-state index contributed by atoms with van der Waals surface area (Å²) in [7, 11) is 1.49. The van der Waals surface area contributed by atoms with Gasteiger partial charge < -0.3 is 10.1 Å². The lowest BCUT2D eigenvalue weighted by molar-refractivity contribution is -0.140. The van der Waals surface area contributed by atoms with E-state index in [-0.39, 0.29) is 12.1 Å². The van der Waals surface area contributed by atoms with Crippen molar-refractivity contribution in [2.75, 3.05) is 26.8 Å². The lowest BCUT2D eigenvalue weighted by Crippen LogP contribution is -2.26. The fourth-order valence-corrected chi connectivity index (χ4v) is 1.40. The molecule has 106 valence electrons. The summed E-state index contributed by atoms with van der Waals surface area (Å²) >= 11 is 0. The number of carbonyl (C=O) groups excluding carboxylic acids is 1. The molecule has 0 atom stereocenters. The van der Waals surface area contributed by atoms with E-state index in [1.807, 2.05) is 0 Å². The van der Waals surface area contributed by atoms with E-state index in [0.717, 1.165) is 6.07 Å². The Kier molecular flexibility index (Phi) is 5.44. The summed E-state index contributed by atoms with van der Waals surface area (Å²) in [6, 6.07) is 2.13. The van der Waals surface area contributed by atoms with Crippen LogP contribution in [0.25, 0.3) is 0 Å². The molecular formula is C12H13F4NO2. The Morgan fingerprint density at radius 1 is 1.37 bits per heavy atom. The predicted octanol–water partition coefficient (Wildman–Crippen LogP) is 2.26. The molecule has 0 fully saturated rings. The molecule has 19 heavy (non-hydrogen) atoms. The number of alkyl halides is 3. The highest BCUT2D eigenvalue weighted by Crippen LogP contribution is 2.31. The Hall–Kier alpha value is -1.47. The zero-order valence-corrected chi connectivity index (χ0v) is 10.2. The molecule has 1 rings (SSSR count). The summed E-state index contributed by atoms with van der Waals surface area (Å²) in [6.45, 7) is 0.730. The van der Waals surface area contributed by atoms with E-state index in [2.05, 4.69) is 5.32 Å². The van der Waals surface area contributed by atoms with Gasteiger partial charge in [-0.05, 0) is 12.1 Å². The maximum absolute atomic E-state index is 13.2. The average molecular weight is 279 g/mol. The van der Waals surface area contributed by atoms with Gasteiger partial charge in [-0.3, -0.25) is 4.79 Å². The van der Waals surface area contributed by atoms with Crippen molar-refractivity contribution in [3.05, 3.63) is 35.1 Å². The van der Waals surface area contributed by atoms with Crippen LogP contribution in [0.1, 0.15) is 15.9 Å². The summed E-state index contributed by atoms with van der Waals surface area (Å²) in [6.07, 6.45) is -4.76. The van der Waals surface area contributed by atoms with Gasteiger partial charge in [0.1, 0.15) is 5.82 Å². The second-order valence-corrected chi connectivity index (χ2v) is 3.79. The van der Waals surface area contributed by atoms with E-state index in [0.29, 0.717) is 25.3 Å². The third-order valence-electron chi connectivity index (χ3n) is 2.36. The molecule has 1 N–H and O–H groups in total. The molecule has 0 spiro atoms. The van der Waals surface area contributed by atoms with E-state index in [1.165, 1.54) is 7.11 Å². The summed E-state index contributed by atoms with van der Waals surface area (Å²) in [4.78, 5) is 11.6. The predicted molar refractivity (Wildman–Crippen MR) is 60.5 cm³/mol. The van der Waals surface area contributed by atoms with Gasteiger partial charge in [0, 0.05) is 19.2 Å². The first-order chi connectivity index (χ1) is 8.86. The number of hydrogen-bond acceptors (Lipinski definition) is 3. The van der Waals surface area contributed by atoms with E-state index < -0.39 is 23.3 Å². The normalized spacial score (nSPS) is 11.6. The Morgan fingerprint density at radius 3 is 2.58 bits per heavy atom. The second kappa shape index (κ2) is 6.63. The minimum Gasteiger partial charge on any atom is -0.383 e. The van der Waals surface area contributed by atoms with Crippen LogP contribution in [0.2, 0.25) is 0 Å². The molecular weight excluding hydrogens is 266 g/mol. The first-order valence-electron chi connectivity index (χ1n) is 5.46. The van der Waals surface area contributed by atoms with Crippen molar-refractivity contribution in [3.63, 3.8) is 0 Å². The number of nitrogens with one attached hydrogen (secondary N) is 1. The van der Waals surface area contributed by atoms with Gasteiger partial charge >= 0.3 is 6.18 Å². The topological polar surface area (TPSA) is 38.3 Å². The van der Waals surface area contributed by atoms with Crippen molar-refractivity contribution in [1.82, 2.24) is 5.32 Å². The van der Waals surface area contributed by atoms with Gasteiger partial charge in [-0.2, -0.15) is 13.2 Å². The molecule has 0 bridgehead atoms. The number of ether oxygens (including phenoxy) is 1. The van der Waals surface area contributed by atoms with Crippen molar-refractivity contribution in [2.45, 2.75) is 6.18 Å². The Labute approximate surface area is 107 Å². The molecule has 0 saturated carbocycles. The van der Waals surface area contributed by atoms with Gasteiger partial charge in [-0.1, -0.05) is 6.07 Å². The second-order valence-electron chi connectivity index (χ2n) is 3.79. The van der Waals surface area contributed by atoms with Crippen LogP contribution in [0, 0.1) is 5.82 Å². The molecule has 7 heteroatoms. The number of benzene rings is 1. The SMILES string of the molecule is COCCNCC(=O)c1ccc(C(F)(F)F)c(F)c1. The third-order valence-corrected chi connectivity index (χ3v) is 2.36. The standard InChI is InChI=1S/C12H13F4NO2/c1-19-5-4-17-7-11(18)8-2-3-9(10(13)6-8)12(14,15)16/h2-3,6,17H,4-5,7H2,1H3. The van der Waals surface area contributed by atoms with Crippen LogP contribution >= 0.6 is 0 Å². The van der Waals surface area contributed by atoms with Gasteiger partial charge in [-0.25, -0.2) is 4.39 Å². The summed E-state index contributed by atoms with van der Waals surface area (Å²) in [5, 5.41) is 2.73. The highest BCUT2D eigenvalue weighted by atomic mass is 19.4. The molecule has 1 aromatic rings. The number of rotatable bonds is 6. The molecule has 0 aliphatic carbocycles. The number of carbonyl (C=O) groups is 1. The van der Waals surface area contributed by atoms with Crippen LogP contribution in [0.4, 0.5) is 17.6 Å². The van der Waals surface area contributed by atoms with Crippen molar-refractivity contribution < 1.29 is 27.1 Å². The van der Waals surface area contributed by atoms with Crippen molar-refractivity contribution in [1.29, 1.82) is 0 Å². The minimum absolute atomic E-state index is 0.0891. The lowest BCUT2D eigenvalue weighted by Gasteiger charge is -2.09. The monoisotopic (exact) mass is 279 g/mol. The van der Waals surface area contributed by atoms with Crippen molar-refractivity contribution >= 4 is 5.78 Å². The fraction of sp³-hybridized carbons (Fsp3) is 0.417. The number of hydrogen-bond donors (Lipinski definition) is 1. The minimum atomic E-state index is -4.76. The van der Waals surface area contributed by atoms with Crippen LogP contribution in [0.5, 0.6) is 0 Å². The van der Waals surface area contributed by atoms with Crippen LogP contribution < -0.4 is 5.32 Å². The molecule has 0 unspecified atom stereocenters. The van der Waals surface area contributed by atoms with Crippen LogP contribution in [-0.4, -0.2) is 32.6 Å². The number of ketones is 1. The Balaban J connectivity index is 2.70. The maximum Gasteiger partial charge on any atom is 0.419 e. The van der Waals surface area contributed by atoms with Crippen LogP contribution in [-0.2, 0) is 10.9 Å². The summed E-state index contributed by atoms with van der Waals surface area (Å²) in [5.74, 6) is -1.93. The van der Waals surface area contributed by atoms with Crippen LogP contribution in [0.3, 0.4) is 0 Å². The van der Waals surface area contributed by atoms with E-state index in [4.69, 9.17) is 4.74 Å². The quantitative estimate of drug-likeness (QED) is 0.493. The average Bonchev–Trinajstić information content (AvgIpc) is 2.32. The molecule has 0 aliphatic heterocycles. The zero-order valence-electron chi connectivity index (χ0n) is 10.2. The van der Waals surface area contributed by atoms with Crippen molar-refractivity contribution in [2.24, 2.45) is 0 Å². The van der Waals surface area contributed by atoms with Gasteiger partial charge in [0.25, 0.3) is 0 Å². The summed E-state index contributed by atoms with van der Waals surface area (Å²) in [5.41, 5.74) is -1.48. The van der Waals surface area contributed by atoms with E-state index in [9.17, 15) is 22.4 Å². The van der Waals surface area contributed by atoms with Crippen LogP contribution in [0.15, 0.2) is 18.2 Å². The third kappa shape index (κ3) is 4.60. The zero-order chi connectivity index (χ0) is 14.5. The summed E-state index contributed by atoms with van der Waals surface area (Å²) < 4.78 is 54.9. The first kappa shape index (κ1) is 15.6. The first-order valence-corrected chi connectivity index (χ1v) is 5.46. The molecule has 0 saturated heterocycles. The highest BCUT2D eigenvalue weighted by molar-refractivity contribution is 5.97. The lowest BCUT2D eigenvalue weighted by atomic mass is 10.1. The number of methoxy groups -OCH3 is 1. The molecule has 0 heterocycles. The van der Waals surface area contributed by atoms with Gasteiger partial charge in [0.05, 0.1) is 18.7 Å². The molecule has 0 aliphatic rings. The highest BCUT2D eigenvalue weighted by Gasteiger charge is 2.34. The van der Waals surface area contributed by atoms with Gasteiger partial charge in [0.2, 0.25) is 0 Å². The smallest absolute Gasteiger partial charge is 0.383 e. The van der Waals surface area contributed by atoms with Crippen molar-refractivity contribution in [3.8, 4) is 0 Å². The fourth-order valence-electron chi connectivity index (χ4n) is 1.40. The molecule has 0 aromatic heterocycles. The van der Waals surface area contributed by atoms with Gasteiger partial charge in [0.15, 0.2) is 5.78 Å². The molecule has 0 radical (unpaired) electrons. The van der Waals surface area contributed by atoms with E-state index in [1.54, 1.807) is 0 Å². The molecule has 3 nitrogen and oxygen atoms in total. The van der Waals surface area contributed by atoms with Gasteiger partial charge in [-0.15, -0.1) is 0 Å². The molecule has 1 aromatic carbocycles. The maximum atomic E-state index is 13.2. The number of Topliss-reactive ketones (excluding diaryl/α,β-unsaturated/α-hetero) is 1. The number of halogens is 4. The Morgan fingerprint density at radius 2 is 2.05 bits per heavy atom. The largest absolute Gasteiger partial charge is 0.419 e. The molecule has 0 amide bonds. The Bertz CT molecular complexity index is 446. The van der Waals surface area contributed by atoms with E-state index >= 15 is 0 Å².